The lowest BCUT2D eigenvalue weighted by molar-refractivity contribution is -0.119. The van der Waals surface area contributed by atoms with Crippen molar-refractivity contribution < 1.29 is 9.59 Å². The quantitative estimate of drug-likeness (QED) is 0.527. The largest absolute Gasteiger partial charge is 0.361 e. The van der Waals surface area contributed by atoms with Gasteiger partial charge in [0.05, 0.1) is 12.0 Å². The van der Waals surface area contributed by atoms with Crippen LogP contribution in [0.25, 0.3) is 10.9 Å². The van der Waals surface area contributed by atoms with Gasteiger partial charge in [0.1, 0.15) is 0 Å². The van der Waals surface area contributed by atoms with E-state index in [0.29, 0.717) is 5.56 Å². The predicted molar refractivity (Wildman–Crippen MR) is 117 cm³/mol. The molecule has 3 aromatic carbocycles. The lowest BCUT2D eigenvalue weighted by Gasteiger charge is -2.39. The summed E-state index contributed by atoms with van der Waals surface area (Å²) in [5.41, 5.74) is 4.02. The van der Waals surface area contributed by atoms with Gasteiger partial charge in [-0.1, -0.05) is 48.5 Å². The molecule has 2 heterocycles. The van der Waals surface area contributed by atoms with Crippen LogP contribution in [0.2, 0.25) is 0 Å². The number of H-pyrrole nitrogens is 1. The number of hydrogen-bond donors (Lipinski definition) is 2. The Bertz CT molecular complexity index is 1250. The van der Waals surface area contributed by atoms with Crippen molar-refractivity contribution >= 4 is 28.4 Å². The number of hydrogen-bond acceptors (Lipinski definition) is 2. The standard InChI is InChI=1S/C25H21N3O2/c1-28-23(16-7-3-2-4-8-16)22(19-9-5-6-10-20(19)25(28)30)24(29)27-18-11-12-21-17(15-18)13-14-26-21/h2-15,22-23,26H,1H3,(H,27,29)/t22-,23+/m1/s1. The van der Waals surface area contributed by atoms with E-state index in [9.17, 15) is 9.59 Å². The van der Waals surface area contributed by atoms with Gasteiger partial charge in [0, 0.05) is 35.4 Å². The van der Waals surface area contributed by atoms with E-state index in [1.165, 1.54) is 0 Å². The van der Waals surface area contributed by atoms with Crippen molar-refractivity contribution in [3.8, 4) is 0 Å². The van der Waals surface area contributed by atoms with Crippen molar-refractivity contribution in [1.82, 2.24) is 9.88 Å². The van der Waals surface area contributed by atoms with Crippen LogP contribution >= 0.6 is 0 Å². The first kappa shape index (κ1) is 18.2. The van der Waals surface area contributed by atoms with Crippen LogP contribution in [0.1, 0.15) is 33.4 Å². The summed E-state index contributed by atoms with van der Waals surface area (Å²) in [5, 5.41) is 4.11. The molecule has 1 aliphatic heterocycles. The molecular weight excluding hydrogens is 374 g/mol. The monoisotopic (exact) mass is 395 g/mol. The molecule has 4 aromatic rings. The topological polar surface area (TPSA) is 65.2 Å². The SMILES string of the molecule is CN1C(=O)c2ccccc2[C@@H](C(=O)Nc2ccc3[nH]ccc3c2)[C@@H]1c1ccccc1. The van der Waals surface area contributed by atoms with Gasteiger partial charge in [-0.25, -0.2) is 0 Å². The molecule has 0 saturated carbocycles. The molecule has 5 heteroatoms. The van der Waals surface area contributed by atoms with E-state index in [2.05, 4.69) is 10.3 Å². The van der Waals surface area contributed by atoms with Crippen LogP contribution in [-0.2, 0) is 4.79 Å². The Hall–Kier alpha value is -3.86. The molecule has 2 atom stereocenters. The normalized spacial score (nSPS) is 18.3. The predicted octanol–water partition coefficient (Wildman–Crippen LogP) is 4.72. The smallest absolute Gasteiger partial charge is 0.254 e. The molecule has 1 aliphatic rings. The highest BCUT2D eigenvalue weighted by Crippen LogP contribution is 2.42. The number of aromatic amines is 1. The molecule has 2 amide bonds. The third-order valence-corrected chi connectivity index (χ3v) is 5.82. The maximum absolute atomic E-state index is 13.6. The zero-order valence-corrected chi connectivity index (χ0v) is 16.5. The second-order valence-corrected chi connectivity index (χ2v) is 7.61. The fourth-order valence-electron chi connectivity index (χ4n) is 4.37. The molecule has 148 valence electrons. The molecule has 0 bridgehead atoms. The fourth-order valence-corrected chi connectivity index (χ4v) is 4.37. The van der Waals surface area contributed by atoms with Crippen LogP contribution in [-0.4, -0.2) is 28.7 Å². The summed E-state index contributed by atoms with van der Waals surface area (Å²) in [7, 11) is 1.77. The molecule has 0 unspecified atom stereocenters. The van der Waals surface area contributed by atoms with Crippen molar-refractivity contribution in [3.63, 3.8) is 0 Å². The summed E-state index contributed by atoms with van der Waals surface area (Å²) in [4.78, 5) is 31.5. The molecule has 5 rings (SSSR count). The molecular formula is C25H21N3O2. The van der Waals surface area contributed by atoms with Crippen LogP contribution in [0.5, 0.6) is 0 Å². The zero-order valence-electron chi connectivity index (χ0n) is 16.5. The maximum Gasteiger partial charge on any atom is 0.254 e. The molecule has 0 radical (unpaired) electrons. The molecule has 30 heavy (non-hydrogen) atoms. The fraction of sp³-hybridized carbons (Fsp3) is 0.120. The summed E-state index contributed by atoms with van der Waals surface area (Å²) in [6.07, 6.45) is 1.87. The molecule has 0 spiro atoms. The number of nitrogens with zero attached hydrogens (tertiary/aromatic N) is 1. The second kappa shape index (κ2) is 7.19. The number of amides is 2. The number of benzene rings is 3. The minimum Gasteiger partial charge on any atom is -0.361 e. The van der Waals surface area contributed by atoms with Gasteiger partial charge in [-0.2, -0.15) is 0 Å². The van der Waals surface area contributed by atoms with E-state index in [-0.39, 0.29) is 17.9 Å². The van der Waals surface area contributed by atoms with Gasteiger partial charge >= 0.3 is 0 Å². The third kappa shape index (κ3) is 2.95. The van der Waals surface area contributed by atoms with E-state index in [0.717, 1.165) is 27.7 Å². The summed E-state index contributed by atoms with van der Waals surface area (Å²) >= 11 is 0. The number of rotatable bonds is 3. The summed E-state index contributed by atoms with van der Waals surface area (Å²) < 4.78 is 0. The number of likely N-dealkylation sites (N-methyl/N-ethyl adjacent to an activating group) is 1. The molecule has 2 N–H and O–H groups in total. The highest BCUT2D eigenvalue weighted by molar-refractivity contribution is 6.04. The van der Waals surface area contributed by atoms with Crippen molar-refractivity contribution in [1.29, 1.82) is 0 Å². The molecule has 0 saturated heterocycles. The second-order valence-electron chi connectivity index (χ2n) is 7.61. The van der Waals surface area contributed by atoms with E-state index >= 15 is 0 Å². The molecule has 1 aromatic heterocycles. The number of aromatic nitrogens is 1. The van der Waals surface area contributed by atoms with Crippen molar-refractivity contribution in [2.75, 3.05) is 12.4 Å². The van der Waals surface area contributed by atoms with E-state index in [4.69, 9.17) is 0 Å². The van der Waals surface area contributed by atoms with Gasteiger partial charge in [-0.05, 0) is 41.5 Å². The van der Waals surface area contributed by atoms with Crippen LogP contribution in [0.4, 0.5) is 5.69 Å². The Balaban J connectivity index is 1.58. The number of fused-ring (bicyclic) bond motifs is 2. The average molecular weight is 395 g/mol. The minimum atomic E-state index is -0.520. The van der Waals surface area contributed by atoms with Crippen LogP contribution in [0.15, 0.2) is 85.1 Å². The van der Waals surface area contributed by atoms with Crippen LogP contribution < -0.4 is 5.32 Å². The summed E-state index contributed by atoms with van der Waals surface area (Å²) in [5.74, 6) is -0.726. The first-order valence-electron chi connectivity index (χ1n) is 9.92. The first-order valence-corrected chi connectivity index (χ1v) is 9.92. The van der Waals surface area contributed by atoms with E-state index < -0.39 is 5.92 Å². The minimum absolute atomic E-state index is 0.0720. The third-order valence-electron chi connectivity index (χ3n) is 5.82. The number of anilines is 1. The highest BCUT2D eigenvalue weighted by Gasteiger charge is 2.42. The molecule has 5 nitrogen and oxygen atoms in total. The van der Waals surface area contributed by atoms with E-state index in [1.54, 1.807) is 18.0 Å². The van der Waals surface area contributed by atoms with Crippen molar-refractivity contribution in [2.45, 2.75) is 12.0 Å². The van der Waals surface area contributed by atoms with E-state index in [1.807, 2.05) is 79.0 Å². The van der Waals surface area contributed by atoms with Crippen molar-refractivity contribution in [2.24, 2.45) is 0 Å². The maximum atomic E-state index is 13.6. The Kier molecular flexibility index (Phi) is 4.36. The number of carbonyl (C=O) groups excluding carboxylic acids is 2. The Morgan fingerprint density at radius 1 is 0.967 bits per heavy atom. The van der Waals surface area contributed by atoms with Crippen LogP contribution in [0, 0.1) is 0 Å². The Labute approximate surface area is 174 Å². The average Bonchev–Trinajstić information content (AvgIpc) is 3.24. The number of nitrogens with one attached hydrogen (secondary N) is 2. The van der Waals surface area contributed by atoms with Gasteiger partial charge in [0.15, 0.2) is 0 Å². The lowest BCUT2D eigenvalue weighted by atomic mass is 9.79. The van der Waals surface area contributed by atoms with Gasteiger partial charge in [0.25, 0.3) is 5.91 Å². The lowest BCUT2D eigenvalue weighted by Crippen LogP contribution is -2.44. The van der Waals surface area contributed by atoms with Gasteiger partial charge in [-0.15, -0.1) is 0 Å². The summed E-state index contributed by atoms with van der Waals surface area (Å²) in [6.45, 7) is 0. The zero-order chi connectivity index (χ0) is 20.7. The molecule has 0 fully saturated rings. The van der Waals surface area contributed by atoms with Crippen LogP contribution in [0.3, 0.4) is 0 Å². The summed E-state index contributed by atoms with van der Waals surface area (Å²) in [6, 6.07) is 24.5. The van der Waals surface area contributed by atoms with Gasteiger partial charge in [0.2, 0.25) is 5.91 Å². The molecule has 0 aliphatic carbocycles. The van der Waals surface area contributed by atoms with Gasteiger partial charge in [-0.3, -0.25) is 9.59 Å². The van der Waals surface area contributed by atoms with Crippen molar-refractivity contribution in [3.05, 3.63) is 102 Å². The number of carbonyl (C=O) groups is 2. The van der Waals surface area contributed by atoms with Gasteiger partial charge < -0.3 is 15.2 Å². The Morgan fingerprint density at radius 2 is 1.73 bits per heavy atom. The Morgan fingerprint density at radius 3 is 2.57 bits per heavy atom. The highest BCUT2D eigenvalue weighted by atomic mass is 16.2. The first-order chi connectivity index (χ1) is 14.6.